The van der Waals surface area contributed by atoms with E-state index in [0.717, 1.165) is 39.9 Å². The molecule has 0 aromatic heterocycles. The predicted octanol–water partition coefficient (Wildman–Crippen LogP) is 3.31. The lowest BCUT2D eigenvalue weighted by molar-refractivity contribution is 0.283. The maximum Gasteiger partial charge on any atom is 0.127 e. The number of nitrogens with two attached hydrogens (primary N) is 1. The van der Waals surface area contributed by atoms with Crippen molar-refractivity contribution in [3.8, 4) is 5.75 Å². The minimum absolute atomic E-state index is 0.217. The Hall–Kier alpha value is -1.18. The Morgan fingerprint density at radius 2 is 2.10 bits per heavy atom. The zero-order valence-electron chi connectivity index (χ0n) is 11.4. The molecule has 1 aliphatic rings. The number of benzene rings is 2. The van der Waals surface area contributed by atoms with Gasteiger partial charge in [0.1, 0.15) is 11.6 Å². The minimum atomic E-state index is -0.245. The number of hydrogen-bond donors (Lipinski definition) is 2. The van der Waals surface area contributed by atoms with Gasteiger partial charge in [0, 0.05) is 9.13 Å². The number of nitrogens with one attached hydrogen (secondary N) is 1. The van der Waals surface area contributed by atoms with E-state index in [1.165, 1.54) is 17.7 Å². The van der Waals surface area contributed by atoms with E-state index in [-0.39, 0.29) is 11.9 Å². The van der Waals surface area contributed by atoms with Crippen LogP contribution in [0.15, 0.2) is 36.4 Å². The van der Waals surface area contributed by atoms with Gasteiger partial charge in [-0.25, -0.2) is 9.82 Å². The average Bonchev–Trinajstić information content (AvgIpc) is 2.50. The van der Waals surface area contributed by atoms with Crippen LogP contribution in [0.2, 0.25) is 0 Å². The normalized spacial score (nSPS) is 15.2. The third-order valence-corrected chi connectivity index (χ3v) is 4.65. The van der Waals surface area contributed by atoms with Crippen LogP contribution in [0.3, 0.4) is 0 Å². The molecule has 0 radical (unpaired) electrons. The number of para-hydroxylation sites is 1. The Balaban J connectivity index is 2.08. The summed E-state index contributed by atoms with van der Waals surface area (Å²) in [5.41, 5.74) is 5.99. The van der Waals surface area contributed by atoms with Gasteiger partial charge in [-0.05, 0) is 58.7 Å². The van der Waals surface area contributed by atoms with Crippen molar-refractivity contribution in [1.82, 2.24) is 5.43 Å². The van der Waals surface area contributed by atoms with E-state index in [1.54, 1.807) is 6.07 Å². The first-order chi connectivity index (χ1) is 10.2. The van der Waals surface area contributed by atoms with E-state index >= 15 is 0 Å². The van der Waals surface area contributed by atoms with Gasteiger partial charge in [0.05, 0.1) is 12.6 Å². The molecule has 1 atom stereocenters. The molecule has 1 heterocycles. The van der Waals surface area contributed by atoms with E-state index in [0.29, 0.717) is 0 Å². The molecule has 3 rings (SSSR count). The van der Waals surface area contributed by atoms with Crippen molar-refractivity contribution in [2.75, 3.05) is 6.61 Å². The Labute approximate surface area is 136 Å². The molecule has 2 aromatic carbocycles. The lowest BCUT2D eigenvalue weighted by atomic mass is 9.94. The Morgan fingerprint density at radius 3 is 2.86 bits per heavy atom. The second-order valence-electron chi connectivity index (χ2n) is 5.05. The maximum atomic E-state index is 13.3. The number of fused-ring (bicyclic) bond motifs is 1. The molecule has 110 valence electrons. The van der Waals surface area contributed by atoms with Gasteiger partial charge in [0.15, 0.2) is 0 Å². The second kappa shape index (κ2) is 6.29. The molecule has 3 N–H and O–H groups in total. The van der Waals surface area contributed by atoms with Gasteiger partial charge in [0.25, 0.3) is 0 Å². The van der Waals surface area contributed by atoms with Crippen molar-refractivity contribution in [2.45, 2.75) is 18.9 Å². The molecular formula is C16H16FIN2O. The Bertz CT molecular complexity index is 663. The van der Waals surface area contributed by atoms with Crippen molar-refractivity contribution in [3.05, 3.63) is 62.5 Å². The Morgan fingerprint density at radius 1 is 1.24 bits per heavy atom. The first kappa shape index (κ1) is 14.7. The summed E-state index contributed by atoms with van der Waals surface area (Å²) < 4.78 is 20.0. The highest BCUT2D eigenvalue weighted by Gasteiger charge is 2.23. The van der Waals surface area contributed by atoms with E-state index < -0.39 is 0 Å². The summed E-state index contributed by atoms with van der Waals surface area (Å²) in [5.74, 6) is 6.44. The summed E-state index contributed by atoms with van der Waals surface area (Å²) in [6.07, 6.45) is 2.05. The van der Waals surface area contributed by atoms with Crippen LogP contribution >= 0.6 is 22.6 Å². The number of rotatable bonds is 3. The van der Waals surface area contributed by atoms with Crippen LogP contribution in [0.25, 0.3) is 0 Å². The topological polar surface area (TPSA) is 47.3 Å². The summed E-state index contributed by atoms with van der Waals surface area (Å²) in [5, 5.41) is 0. The van der Waals surface area contributed by atoms with Crippen LogP contribution in [0, 0.1) is 9.39 Å². The lowest BCUT2D eigenvalue weighted by Gasteiger charge is -2.25. The van der Waals surface area contributed by atoms with E-state index in [1.807, 2.05) is 12.1 Å². The monoisotopic (exact) mass is 398 g/mol. The molecule has 0 amide bonds. The highest BCUT2D eigenvalue weighted by atomic mass is 127. The fraction of sp³-hybridized carbons (Fsp3) is 0.250. The molecule has 21 heavy (non-hydrogen) atoms. The first-order valence-electron chi connectivity index (χ1n) is 6.86. The van der Waals surface area contributed by atoms with Crippen LogP contribution < -0.4 is 16.0 Å². The van der Waals surface area contributed by atoms with Gasteiger partial charge in [0.2, 0.25) is 0 Å². The van der Waals surface area contributed by atoms with Gasteiger partial charge in [-0.15, -0.1) is 0 Å². The van der Waals surface area contributed by atoms with Crippen molar-refractivity contribution in [1.29, 1.82) is 0 Å². The standard InChI is InChI=1S/C16H16FIN2O/c17-11-6-7-12(14(18)9-11)15(20-19)13-5-1-3-10-4-2-8-21-16(10)13/h1,3,5-7,9,15,20H,2,4,8,19H2. The number of aryl methyl sites for hydroxylation is 1. The molecule has 5 heteroatoms. The largest absolute Gasteiger partial charge is 0.493 e. The third-order valence-electron chi connectivity index (χ3n) is 3.72. The molecule has 0 fully saturated rings. The SMILES string of the molecule is NNC(c1ccc(F)cc1I)c1cccc2c1OCCC2. The fourth-order valence-electron chi connectivity index (χ4n) is 2.72. The molecule has 0 saturated heterocycles. The molecule has 1 aliphatic heterocycles. The zero-order valence-corrected chi connectivity index (χ0v) is 13.6. The summed E-state index contributed by atoms with van der Waals surface area (Å²) in [6, 6.07) is 10.6. The number of hydrazine groups is 1. The van der Waals surface area contributed by atoms with Crippen molar-refractivity contribution in [3.63, 3.8) is 0 Å². The van der Waals surface area contributed by atoms with Crippen molar-refractivity contribution >= 4 is 22.6 Å². The van der Waals surface area contributed by atoms with Gasteiger partial charge in [-0.3, -0.25) is 5.84 Å². The zero-order chi connectivity index (χ0) is 14.8. The van der Waals surface area contributed by atoms with Gasteiger partial charge < -0.3 is 4.74 Å². The molecule has 0 spiro atoms. The Kier molecular flexibility index (Phi) is 4.42. The summed E-state index contributed by atoms with van der Waals surface area (Å²) >= 11 is 2.13. The molecular weight excluding hydrogens is 382 g/mol. The van der Waals surface area contributed by atoms with Crippen molar-refractivity contribution in [2.24, 2.45) is 5.84 Å². The predicted molar refractivity (Wildman–Crippen MR) is 88.5 cm³/mol. The number of halogens is 2. The quantitative estimate of drug-likeness (QED) is 0.474. The van der Waals surface area contributed by atoms with E-state index in [2.05, 4.69) is 34.1 Å². The van der Waals surface area contributed by atoms with Crippen LogP contribution in [0.1, 0.15) is 29.2 Å². The minimum Gasteiger partial charge on any atom is -0.493 e. The highest BCUT2D eigenvalue weighted by molar-refractivity contribution is 14.1. The van der Waals surface area contributed by atoms with Gasteiger partial charge in [-0.2, -0.15) is 0 Å². The van der Waals surface area contributed by atoms with Crippen LogP contribution in [0.4, 0.5) is 4.39 Å². The number of ether oxygens (including phenoxy) is 1. The second-order valence-corrected chi connectivity index (χ2v) is 6.22. The number of hydrogen-bond acceptors (Lipinski definition) is 3. The van der Waals surface area contributed by atoms with Crippen LogP contribution in [-0.4, -0.2) is 6.61 Å². The molecule has 3 nitrogen and oxygen atoms in total. The summed E-state index contributed by atoms with van der Waals surface area (Å²) in [6.45, 7) is 0.724. The molecule has 0 bridgehead atoms. The van der Waals surface area contributed by atoms with Gasteiger partial charge >= 0.3 is 0 Å². The lowest BCUT2D eigenvalue weighted by Crippen LogP contribution is -2.30. The highest BCUT2D eigenvalue weighted by Crippen LogP contribution is 2.36. The summed E-state index contributed by atoms with van der Waals surface area (Å²) in [7, 11) is 0. The van der Waals surface area contributed by atoms with E-state index in [4.69, 9.17) is 10.6 Å². The molecule has 0 aliphatic carbocycles. The maximum absolute atomic E-state index is 13.3. The van der Waals surface area contributed by atoms with E-state index in [9.17, 15) is 4.39 Å². The third kappa shape index (κ3) is 2.90. The summed E-state index contributed by atoms with van der Waals surface area (Å²) in [4.78, 5) is 0. The van der Waals surface area contributed by atoms with Crippen LogP contribution in [0.5, 0.6) is 5.75 Å². The first-order valence-corrected chi connectivity index (χ1v) is 7.94. The molecule has 0 saturated carbocycles. The van der Waals surface area contributed by atoms with Crippen molar-refractivity contribution < 1.29 is 9.13 Å². The molecule has 1 unspecified atom stereocenters. The van der Waals surface area contributed by atoms with Gasteiger partial charge in [-0.1, -0.05) is 24.3 Å². The smallest absolute Gasteiger partial charge is 0.127 e. The van der Waals surface area contributed by atoms with Crippen LogP contribution in [-0.2, 0) is 6.42 Å². The fourth-order valence-corrected chi connectivity index (χ4v) is 3.51. The average molecular weight is 398 g/mol. The molecule has 2 aromatic rings.